The number of hydrogen-bond acceptors (Lipinski definition) is 4. The first-order chi connectivity index (χ1) is 11.9. The number of hydrogen-bond donors (Lipinski definition) is 1. The van der Waals surface area contributed by atoms with Crippen molar-refractivity contribution >= 4 is 33.0 Å². The number of carbonyl (C=O) groups excluding carboxylic acids is 1. The number of carbonyl (C=O) groups is 1. The monoisotopic (exact) mass is 378 g/mol. The van der Waals surface area contributed by atoms with Crippen LogP contribution in [0.15, 0.2) is 39.9 Å². The van der Waals surface area contributed by atoms with Gasteiger partial charge in [0.2, 0.25) is 5.91 Å². The van der Waals surface area contributed by atoms with Gasteiger partial charge in [-0.25, -0.2) is 8.42 Å². The molecule has 0 spiro atoms. The fourth-order valence-corrected chi connectivity index (χ4v) is 5.84. The van der Waals surface area contributed by atoms with E-state index in [1.54, 1.807) is 17.5 Å². The second-order valence-electron chi connectivity index (χ2n) is 6.37. The highest BCUT2D eigenvalue weighted by Gasteiger charge is 2.38. The Morgan fingerprint density at radius 1 is 1.24 bits per heavy atom. The summed E-state index contributed by atoms with van der Waals surface area (Å²) in [4.78, 5) is 12.8. The lowest BCUT2D eigenvalue weighted by molar-refractivity contribution is -0.120. The summed E-state index contributed by atoms with van der Waals surface area (Å²) in [5.74, 6) is -0.256. The first kappa shape index (κ1) is 18.1. The van der Waals surface area contributed by atoms with Crippen LogP contribution in [0.1, 0.15) is 30.4 Å². The standard InChI is InChI=1S/C18H22N2O3S2/c1-13-8-9-14(2)15(12-13)19-18(21)16-6-3-4-10-20(16)25(22,23)17-7-5-11-24-17/h5,7-9,11-12,16H,3-4,6,10H2,1-2H3,(H,19,21). The summed E-state index contributed by atoms with van der Waals surface area (Å²) in [6, 6.07) is 8.49. The molecule has 134 valence electrons. The SMILES string of the molecule is Cc1ccc(C)c(NC(=O)C2CCCCN2S(=O)(=O)c2cccs2)c1. The smallest absolute Gasteiger partial charge is 0.253 e. The van der Waals surface area contributed by atoms with Crippen molar-refractivity contribution in [2.45, 2.75) is 43.4 Å². The number of thiophene rings is 1. The maximum absolute atomic E-state index is 12.9. The average molecular weight is 379 g/mol. The zero-order chi connectivity index (χ0) is 18.0. The fraction of sp³-hybridized carbons (Fsp3) is 0.389. The second kappa shape index (κ2) is 7.27. The van der Waals surface area contributed by atoms with Crippen LogP contribution in [0.3, 0.4) is 0 Å². The number of anilines is 1. The van der Waals surface area contributed by atoms with Crippen LogP contribution in [0.2, 0.25) is 0 Å². The van der Waals surface area contributed by atoms with Crippen molar-refractivity contribution in [3.8, 4) is 0 Å². The molecule has 1 fully saturated rings. The van der Waals surface area contributed by atoms with Crippen LogP contribution >= 0.6 is 11.3 Å². The number of sulfonamides is 1. The lowest BCUT2D eigenvalue weighted by atomic mass is 10.0. The maximum atomic E-state index is 12.9. The van der Waals surface area contributed by atoms with E-state index in [1.165, 1.54) is 15.6 Å². The highest BCUT2D eigenvalue weighted by Crippen LogP contribution is 2.29. The molecule has 1 aliphatic heterocycles. The van der Waals surface area contributed by atoms with Crippen molar-refractivity contribution in [2.24, 2.45) is 0 Å². The summed E-state index contributed by atoms with van der Waals surface area (Å²) < 4.78 is 27.4. The van der Waals surface area contributed by atoms with Crippen molar-refractivity contribution in [2.75, 3.05) is 11.9 Å². The van der Waals surface area contributed by atoms with Gasteiger partial charge in [-0.3, -0.25) is 4.79 Å². The zero-order valence-electron chi connectivity index (χ0n) is 14.4. The van der Waals surface area contributed by atoms with Crippen molar-refractivity contribution in [1.82, 2.24) is 4.31 Å². The summed E-state index contributed by atoms with van der Waals surface area (Å²) in [7, 11) is -3.63. The zero-order valence-corrected chi connectivity index (χ0v) is 16.0. The molecule has 0 aliphatic carbocycles. The Labute approximate surface area is 152 Å². The molecule has 1 atom stereocenters. The van der Waals surface area contributed by atoms with E-state index in [-0.39, 0.29) is 5.91 Å². The minimum atomic E-state index is -3.63. The third kappa shape index (κ3) is 3.78. The first-order valence-corrected chi connectivity index (χ1v) is 10.6. The Morgan fingerprint density at radius 2 is 2.04 bits per heavy atom. The average Bonchev–Trinajstić information content (AvgIpc) is 3.13. The highest BCUT2D eigenvalue weighted by molar-refractivity contribution is 7.91. The minimum Gasteiger partial charge on any atom is -0.324 e. The van der Waals surface area contributed by atoms with Gasteiger partial charge in [-0.1, -0.05) is 24.6 Å². The fourth-order valence-electron chi connectivity index (χ4n) is 3.07. The summed E-state index contributed by atoms with van der Waals surface area (Å²) in [6.07, 6.45) is 2.17. The molecule has 1 amide bonds. The van der Waals surface area contributed by atoms with Crippen molar-refractivity contribution in [1.29, 1.82) is 0 Å². The lowest BCUT2D eigenvalue weighted by Crippen LogP contribution is -2.49. The number of nitrogens with zero attached hydrogens (tertiary/aromatic N) is 1. The van der Waals surface area contributed by atoms with Gasteiger partial charge in [-0.15, -0.1) is 11.3 Å². The molecule has 25 heavy (non-hydrogen) atoms. The lowest BCUT2D eigenvalue weighted by Gasteiger charge is -2.33. The van der Waals surface area contributed by atoms with Gasteiger partial charge in [-0.05, 0) is 55.3 Å². The maximum Gasteiger partial charge on any atom is 0.253 e. The highest BCUT2D eigenvalue weighted by atomic mass is 32.2. The molecule has 0 bridgehead atoms. The van der Waals surface area contributed by atoms with E-state index in [4.69, 9.17) is 0 Å². The van der Waals surface area contributed by atoms with E-state index in [1.807, 2.05) is 32.0 Å². The van der Waals surface area contributed by atoms with Gasteiger partial charge in [0, 0.05) is 12.2 Å². The van der Waals surface area contributed by atoms with Gasteiger partial charge in [0.05, 0.1) is 0 Å². The third-order valence-electron chi connectivity index (χ3n) is 4.47. The van der Waals surface area contributed by atoms with E-state index in [0.29, 0.717) is 17.2 Å². The van der Waals surface area contributed by atoms with Crippen LogP contribution in [0, 0.1) is 13.8 Å². The van der Waals surface area contributed by atoms with Gasteiger partial charge in [-0.2, -0.15) is 4.31 Å². The molecule has 1 saturated heterocycles. The first-order valence-electron chi connectivity index (χ1n) is 8.33. The molecule has 1 aromatic heterocycles. The predicted molar refractivity (Wildman–Crippen MR) is 100 cm³/mol. The van der Waals surface area contributed by atoms with Crippen LogP contribution < -0.4 is 5.32 Å². The molecule has 1 aliphatic rings. The summed E-state index contributed by atoms with van der Waals surface area (Å²) in [5.41, 5.74) is 2.75. The Morgan fingerprint density at radius 3 is 2.76 bits per heavy atom. The molecular weight excluding hydrogens is 356 g/mol. The van der Waals surface area contributed by atoms with Crippen LogP contribution in [0.5, 0.6) is 0 Å². The van der Waals surface area contributed by atoms with Crippen LogP contribution in [-0.2, 0) is 14.8 Å². The number of nitrogens with one attached hydrogen (secondary N) is 1. The van der Waals surface area contributed by atoms with Gasteiger partial charge in [0.1, 0.15) is 10.3 Å². The molecule has 0 saturated carbocycles. The Balaban J connectivity index is 1.86. The van der Waals surface area contributed by atoms with E-state index in [9.17, 15) is 13.2 Å². The van der Waals surface area contributed by atoms with Crippen LogP contribution in [-0.4, -0.2) is 31.2 Å². The number of aryl methyl sites for hydroxylation is 2. The second-order valence-corrected chi connectivity index (χ2v) is 9.43. The Kier molecular flexibility index (Phi) is 5.27. The molecule has 5 nitrogen and oxygen atoms in total. The van der Waals surface area contributed by atoms with Gasteiger partial charge in [0.15, 0.2) is 0 Å². The summed E-state index contributed by atoms with van der Waals surface area (Å²) in [6.45, 7) is 4.27. The molecule has 2 aromatic rings. The van der Waals surface area contributed by atoms with E-state index in [2.05, 4.69) is 5.32 Å². The van der Waals surface area contributed by atoms with Gasteiger partial charge >= 0.3 is 0 Å². The number of rotatable bonds is 4. The Hall–Kier alpha value is -1.70. The third-order valence-corrected chi connectivity index (χ3v) is 7.75. The molecule has 1 N–H and O–H groups in total. The van der Waals surface area contributed by atoms with E-state index in [0.717, 1.165) is 29.7 Å². The molecule has 7 heteroatoms. The molecular formula is C18H22N2O3S2. The van der Waals surface area contributed by atoms with Crippen molar-refractivity contribution in [3.05, 3.63) is 46.8 Å². The van der Waals surface area contributed by atoms with Gasteiger partial charge < -0.3 is 5.32 Å². The Bertz CT molecular complexity index is 860. The predicted octanol–water partition coefficient (Wildman–Crippen LogP) is 3.55. The summed E-state index contributed by atoms with van der Waals surface area (Å²) >= 11 is 1.18. The summed E-state index contributed by atoms with van der Waals surface area (Å²) in [5, 5.41) is 4.66. The number of amides is 1. The number of piperidine rings is 1. The quantitative estimate of drug-likeness (QED) is 0.885. The normalized spacial score (nSPS) is 18.9. The van der Waals surface area contributed by atoms with Crippen LogP contribution in [0.25, 0.3) is 0 Å². The molecule has 3 rings (SSSR count). The molecule has 1 aromatic carbocycles. The molecule has 0 radical (unpaired) electrons. The topological polar surface area (TPSA) is 66.5 Å². The largest absolute Gasteiger partial charge is 0.324 e. The molecule has 2 heterocycles. The van der Waals surface area contributed by atoms with Crippen molar-refractivity contribution in [3.63, 3.8) is 0 Å². The van der Waals surface area contributed by atoms with Gasteiger partial charge in [0.25, 0.3) is 10.0 Å². The molecule has 1 unspecified atom stereocenters. The minimum absolute atomic E-state index is 0.256. The van der Waals surface area contributed by atoms with E-state index < -0.39 is 16.1 Å². The van der Waals surface area contributed by atoms with Crippen LogP contribution in [0.4, 0.5) is 5.69 Å². The van der Waals surface area contributed by atoms with Crippen molar-refractivity contribution < 1.29 is 13.2 Å². The van der Waals surface area contributed by atoms with E-state index >= 15 is 0 Å². The number of benzene rings is 1.